The van der Waals surface area contributed by atoms with E-state index in [0.29, 0.717) is 5.02 Å². The van der Waals surface area contributed by atoms with Gasteiger partial charge in [-0.1, -0.05) is 23.7 Å². The molecule has 2 aromatic rings. The molecule has 1 amide bonds. The highest BCUT2D eigenvalue weighted by Crippen LogP contribution is 2.28. The lowest BCUT2D eigenvalue weighted by Gasteiger charge is -2.28. The van der Waals surface area contributed by atoms with Gasteiger partial charge in [0.05, 0.1) is 11.8 Å². The first-order valence-corrected chi connectivity index (χ1v) is 9.32. The zero-order chi connectivity index (χ0) is 18.2. The van der Waals surface area contributed by atoms with Gasteiger partial charge in [0, 0.05) is 16.1 Å². The molecular formula is C17H12ClF2NO3S. The van der Waals surface area contributed by atoms with Crippen molar-refractivity contribution in [2.24, 2.45) is 0 Å². The maximum Gasteiger partial charge on any atom is 0.264 e. The normalized spacial score (nSPS) is 18.3. The summed E-state index contributed by atoms with van der Waals surface area (Å²) in [5.74, 6) is -3.41. The fourth-order valence-corrected chi connectivity index (χ4v) is 4.08. The molecular weight excluding hydrogens is 372 g/mol. The Balaban J connectivity index is 2.12. The number of sulfone groups is 1. The fourth-order valence-electron chi connectivity index (χ4n) is 2.63. The van der Waals surface area contributed by atoms with Gasteiger partial charge in [-0.05, 0) is 36.4 Å². The first-order chi connectivity index (χ1) is 11.8. The zero-order valence-corrected chi connectivity index (χ0v) is 14.3. The van der Waals surface area contributed by atoms with Crippen LogP contribution in [0.25, 0.3) is 0 Å². The Bertz CT molecular complexity index is 955. The van der Waals surface area contributed by atoms with Crippen molar-refractivity contribution < 1.29 is 22.0 Å². The minimum atomic E-state index is -3.49. The van der Waals surface area contributed by atoms with Crippen molar-refractivity contribution in [3.8, 4) is 0 Å². The van der Waals surface area contributed by atoms with Crippen LogP contribution in [0.15, 0.2) is 53.9 Å². The molecule has 1 heterocycles. The van der Waals surface area contributed by atoms with Crippen LogP contribution in [0.2, 0.25) is 5.02 Å². The third kappa shape index (κ3) is 3.57. The van der Waals surface area contributed by atoms with Crippen molar-refractivity contribution in [2.45, 2.75) is 6.04 Å². The number of benzene rings is 2. The minimum Gasteiger partial charge on any atom is -0.300 e. The fraction of sp³-hybridized carbons (Fsp3) is 0.118. The summed E-state index contributed by atoms with van der Waals surface area (Å²) in [6.45, 7) is 0. The van der Waals surface area contributed by atoms with E-state index in [1.807, 2.05) is 0 Å². The quantitative estimate of drug-likeness (QED) is 0.814. The Morgan fingerprint density at radius 3 is 2.32 bits per heavy atom. The van der Waals surface area contributed by atoms with Crippen molar-refractivity contribution >= 4 is 33.0 Å². The second-order valence-corrected chi connectivity index (χ2v) is 7.84. The largest absolute Gasteiger partial charge is 0.300 e. The van der Waals surface area contributed by atoms with Gasteiger partial charge in [0.1, 0.15) is 17.2 Å². The number of nitrogens with zero attached hydrogens (tertiary/aromatic N) is 1. The van der Waals surface area contributed by atoms with Crippen molar-refractivity contribution in [1.82, 2.24) is 0 Å². The molecule has 0 aliphatic carbocycles. The molecule has 25 heavy (non-hydrogen) atoms. The SMILES string of the molecule is O=C(c1c(F)cccc1F)N(c1cccc(Cl)c1)[C@H]1C=CS(=O)(=O)C1. The van der Waals surface area contributed by atoms with Crippen LogP contribution in [-0.4, -0.2) is 26.1 Å². The Hall–Kier alpha value is -2.25. The van der Waals surface area contributed by atoms with Gasteiger partial charge in [-0.15, -0.1) is 0 Å². The van der Waals surface area contributed by atoms with Crippen LogP contribution in [0.1, 0.15) is 10.4 Å². The zero-order valence-electron chi connectivity index (χ0n) is 12.7. The van der Waals surface area contributed by atoms with E-state index in [2.05, 4.69) is 0 Å². The lowest BCUT2D eigenvalue weighted by Crippen LogP contribution is -2.42. The van der Waals surface area contributed by atoms with Crippen LogP contribution in [0, 0.1) is 11.6 Å². The van der Waals surface area contributed by atoms with Gasteiger partial charge in [0.2, 0.25) is 0 Å². The van der Waals surface area contributed by atoms with E-state index in [1.165, 1.54) is 18.2 Å². The number of carbonyl (C=O) groups excluding carboxylic acids is 1. The molecule has 1 atom stereocenters. The molecule has 0 radical (unpaired) electrons. The number of hydrogen-bond donors (Lipinski definition) is 0. The van der Waals surface area contributed by atoms with Crippen LogP contribution in [-0.2, 0) is 9.84 Å². The molecule has 4 nitrogen and oxygen atoms in total. The second kappa shape index (κ2) is 6.57. The summed E-state index contributed by atoms with van der Waals surface area (Å²) in [4.78, 5) is 13.9. The second-order valence-electron chi connectivity index (χ2n) is 5.48. The van der Waals surface area contributed by atoms with E-state index in [1.54, 1.807) is 12.1 Å². The topological polar surface area (TPSA) is 54.5 Å². The van der Waals surface area contributed by atoms with Gasteiger partial charge >= 0.3 is 0 Å². The van der Waals surface area contributed by atoms with E-state index in [9.17, 15) is 22.0 Å². The van der Waals surface area contributed by atoms with Gasteiger partial charge < -0.3 is 4.90 Å². The molecule has 0 N–H and O–H groups in total. The van der Waals surface area contributed by atoms with Gasteiger partial charge in [-0.3, -0.25) is 4.79 Å². The predicted molar refractivity (Wildman–Crippen MR) is 91.3 cm³/mol. The maximum atomic E-state index is 14.0. The predicted octanol–water partition coefficient (Wildman–Crippen LogP) is 3.58. The molecule has 2 aromatic carbocycles. The van der Waals surface area contributed by atoms with E-state index < -0.39 is 39.0 Å². The highest BCUT2D eigenvalue weighted by molar-refractivity contribution is 7.94. The Kier molecular flexibility index (Phi) is 4.62. The van der Waals surface area contributed by atoms with Gasteiger partial charge in [-0.2, -0.15) is 0 Å². The molecule has 0 aromatic heterocycles. The molecule has 0 bridgehead atoms. The van der Waals surface area contributed by atoms with Crippen molar-refractivity contribution in [3.05, 3.63) is 76.2 Å². The van der Waals surface area contributed by atoms with Crippen molar-refractivity contribution in [3.63, 3.8) is 0 Å². The van der Waals surface area contributed by atoms with Gasteiger partial charge in [-0.25, -0.2) is 17.2 Å². The van der Waals surface area contributed by atoms with Crippen molar-refractivity contribution in [1.29, 1.82) is 0 Å². The van der Waals surface area contributed by atoms with Gasteiger partial charge in [0.25, 0.3) is 5.91 Å². The van der Waals surface area contributed by atoms with Crippen LogP contribution in [0.3, 0.4) is 0 Å². The summed E-state index contributed by atoms with van der Waals surface area (Å²) < 4.78 is 51.6. The third-order valence-corrected chi connectivity index (χ3v) is 5.34. The maximum absolute atomic E-state index is 14.0. The third-order valence-electron chi connectivity index (χ3n) is 3.72. The van der Waals surface area contributed by atoms with Gasteiger partial charge in [0.15, 0.2) is 9.84 Å². The molecule has 0 spiro atoms. The molecule has 1 aliphatic rings. The van der Waals surface area contributed by atoms with Crippen molar-refractivity contribution in [2.75, 3.05) is 10.7 Å². The number of halogens is 3. The van der Waals surface area contributed by atoms with E-state index in [4.69, 9.17) is 11.6 Å². The van der Waals surface area contributed by atoms with E-state index in [0.717, 1.165) is 28.5 Å². The Morgan fingerprint density at radius 1 is 1.12 bits per heavy atom. The molecule has 0 unspecified atom stereocenters. The summed E-state index contributed by atoms with van der Waals surface area (Å²) in [5.41, 5.74) is -0.507. The number of carbonyl (C=O) groups is 1. The first-order valence-electron chi connectivity index (χ1n) is 7.22. The van der Waals surface area contributed by atoms with Crippen LogP contribution < -0.4 is 4.90 Å². The van der Waals surface area contributed by atoms with E-state index >= 15 is 0 Å². The average molecular weight is 384 g/mol. The molecule has 0 fully saturated rings. The van der Waals surface area contributed by atoms with Crippen LogP contribution >= 0.6 is 11.6 Å². The lowest BCUT2D eigenvalue weighted by molar-refractivity contribution is 0.0975. The lowest BCUT2D eigenvalue weighted by atomic mass is 10.1. The number of hydrogen-bond acceptors (Lipinski definition) is 3. The average Bonchev–Trinajstić information content (AvgIpc) is 2.87. The summed E-state index contributed by atoms with van der Waals surface area (Å²) >= 11 is 5.94. The number of anilines is 1. The molecule has 130 valence electrons. The van der Waals surface area contributed by atoms with Crippen LogP contribution in [0.5, 0.6) is 0 Å². The smallest absolute Gasteiger partial charge is 0.264 e. The Labute approximate surface area is 148 Å². The molecule has 3 rings (SSSR count). The Morgan fingerprint density at radius 2 is 1.76 bits per heavy atom. The summed E-state index contributed by atoms with van der Waals surface area (Å²) in [6, 6.07) is 8.25. The molecule has 0 saturated heterocycles. The number of rotatable bonds is 3. The first kappa shape index (κ1) is 17.6. The highest BCUT2D eigenvalue weighted by atomic mass is 35.5. The molecule has 8 heteroatoms. The molecule has 0 saturated carbocycles. The molecule has 1 aliphatic heterocycles. The monoisotopic (exact) mass is 383 g/mol. The summed E-state index contributed by atoms with van der Waals surface area (Å²) in [6.07, 6.45) is 1.31. The highest BCUT2D eigenvalue weighted by Gasteiger charge is 2.34. The van der Waals surface area contributed by atoms with Crippen LogP contribution in [0.4, 0.5) is 14.5 Å². The van der Waals surface area contributed by atoms with E-state index in [-0.39, 0.29) is 11.4 Å². The summed E-state index contributed by atoms with van der Waals surface area (Å²) in [7, 11) is -3.49. The number of amides is 1. The summed E-state index contributed by atoms with van der Waals surface area (Å²) in [5, 5.41) is 1.29. The minimum absolute atomic E-state index is 0.243. The standard InChI is InChI=1S/C17H12ClF2NO3S/c18-11-3-1-4-12(9-11)21(13-7-8-25(23,24)10-13)17(22)16-14(19)5-2-6-15(16)20/h1-9,13H,10H2/t13-/m0/s1.